The van der Waals surface area contributed by atoms with E-state index in [1.807, 2.05) is 19.1 Å². The van der Waals surface area contributed by atoms with Crippen molar-refractivity contribution in [1.82, 2.24) is 10.6 Å². The van der Waals surface area contributed by atoms with E-state index in [1.54, 1.807) is 7.05 Å². The maximum absolute atomic E-state index is 5.66. The average molecular weight is 321 g/mol. The van der Waals surface area contributed by atoms with Crippen LogP contribution in [0.5, 0.6) is 5.75 Å². The van der Waals surface area contributed by atoms with Gasteiger partial charge in [-0.15, -0.1) is 0 Å². The first kappa shape index (κ1) is 19.3. The van der Waals surface area contributed by atoms with Crippen LogP contribution in [0.15, 0.2) is 29.3 Å². The predicted octanol–water partition coefficient (Wildman–Crippen LogP) is 2.61. The highest BCUT2D eigenvalue weighted by Gasteiger charge is 2.00. The van der Waals surface area contributed by atoms with Gasteiger partial charge in [-0.3, -0.25) is 4.99 Å². The molecule has 130 valence electrons. The van der Waals surface area contributed by atoms with E-state index in [1.165, 1.54) is 5.56 Å². The lowest BCUT2D eigenvalue weighted by Gasteiger charge is -2.12. The monoisotopic (exact) mass is 321 g/mol. The lowest BCUT2D eigenvalue weighted by atomic mass is 10.1. The van der Waals surface area contributed by atoms with Crippen molar-refractivity contribution in [1.29, 1.82) is 0 Å². The minimum absolute atomic E-state index is 0.764. The van der Waals surface area contributed by atoms with E-state index in [0.29, 0.717) is 0 Å². The zero-order valence-corrected chi connectivity index (χ0v) is 14.7. The molecule has 0 radical (unpaired) electrons. The van der Waals surface area contributed by atoms with Crippen LogP contribution in [-0.4, -0.2) is 45.9 Å². The molecule has 0 aliphatic rings. The second-order valence-corrected chi connectivity index (χ2v) is 5.22. The lowest BCUT2D eigenvalue weighted by Crippen LogP contribution is -2.39. The minimum atomic E-state index is 0.764. The molecule has 2 N–H and O–H groups in total. The molecule has 0 aliphatic carbocycles. The van der Waals surface area contributed by atoms with Gasteiger partial charge in [0.2, 0.25) is 0 Å². The van der Waals surface area contributed by atoms with Crippen LogP contribution in [0.4, 0.5) is 0 Å². The summed E-state index contributed by atoms with van der Waals surface area (Å²) in [4.78, 5) is 4.22. The van der Waals surface area contributed by atoms with Crippen LogP contribution in [0.25, 0.3) is 0 Å². The molecule has 0 aromatic heterocycles. The van der Waals surface area contributed by atoms with E-state index >= 15 is 0 Å². The maximum atomic E-state index is 5.66. The molecule has 23 heavy (non-hydrogen) atoms. The third-order valence-electron chi connectivity index (χ3n) is 3.26. The molecule has 0 amide bonds. The molecule has 0 atom stereocenters. The van der Waals surface area contributed by atoms with Gasteiger partial charge in [0.15, 0.2) is 5.96 Å². The van der Waals surface area contributed by atoms with Gasteiger partial charge in [0, 0.05) is 33.4 Å². The van der Waals surface area contributed by atoms with Crippen molar-refractivity contribution in [3.63, 3.8) is 0 Å². The number of nitrogens with one attached hydrogen (secondary N) is 2. The number of ether oxygens (including phenoxy) is 2. The van der Waals surface area contributed by atoms with Gasteiger partial charge in [-0.05, 0) is 43.9 Å². The highest BCUT2D eigenvalue weighted by atomic mass is 16.5. The number of hydrogen-bond acceptors (Lipinski definition) is 3. The number of nitrogens with zero attached hydrogens (tertiary/aromatic N) is 1. The molecule has 0 spiro atoms. The second-order valence-electron chi connectivity index (χ2n) is 5.22. The SMILES string of the molecule is CCCOc1cccc(CCNC(=NC)NCCCOCC)c1. The van der Waals surface area contributed by atoms with Gasteiger partial charge in [0.05, 0.1) is 6.61 Å². The summed E-state index contributed by atoms with van der Waals surface area (Å²) >= 11 is 0. The fourth-order valence-corrected chi connectivity index (χ4v) is 2.08. The maximum Gasteiger partial charge on any atom is 0.190 e. The Hall–Kier alpha value is -1.75. The van der Waals surface area contributed by atoms with Gasteiger partial charge < -0.3 is 20.1 Å². The fourth-order valence-electron chi connectivity index (χ4n) is 2.08. The summed E-state index contributed by atoms with van der Waals surface area (Å²) in [6.45, 7) is 8.14. The first-order valence-corrected chi connectivity index (χ1v) is 8.54. The summed E-state index contributed by atoms with van der Waals surface area (Å²) in [5.41, 5.74) is 1.26. The zero-order valence-electron chi connectivity index (χ0n) is 14.7. The molecule has 0 aliphatic heterocycles. The third kappa shape index (κ3) is 9.08. The number of guanidine groups is 1. The smallest absolute Gasteiger partial charge is 0.190 e. The molecule has 1 aromatic rings. The van der Waals surface area contributed by atoms with Gasteiger partial charge >= 0.3 is 0 Å². The van der Waals surface area contributed by atoms with E-state index in [4.69, 9.17) is 9.47 Å². The van der Waals surface area contributed by atoms with Crippen LogP contribution >= 0.6 is 0 Å². The fraction of sp³-hybridized carbons (Fsp3) is 0.611. The highest BCUT2D eigenvalue weighted by molar-refractivity contribution is 5.79. The molecule has 1 rings (SSSR count). The van der Waals surface area contributed by atoms with E-state index < -0.39 is 0 Å². The van der Waals surface area contributed by atoms with E-state index in [0.717, 1.165) is 63.9 Å². The van der Waals surface area contributed by atoms with Crippen molar-refractivity contribution < 1.29 is 9.47 Å². The summed E-state index contributed by atoms with van der Waals surface area (Å²) in [6.07, 6.45) is 2.94. The normalized spacial score (nSPS) is 11.3. The summed E-state index contributed by atoms with van der Waals surface area (Å²) in [5.74, 6) is 1.78. The van der Waals surface area contributed by atoms with Gasteiger partial charge in [0.25, 0.3) is 0 Å². The van der Waals surface area contributed by atoms with Crippen LogP contribution in [0.2, 0.25) is 0 Å². The first-order valence-electron chi connectivity index (χ1n) is 8.54. The number of aliphatic imine (C=N–C) groups is 1. The Balaban J connectivity index is 2.26. The topological polar surface area (TPSA) is 54.9 Å². The number of hydrogen-bond donors (Lipinski definition) is 2. The Morgan fingerprint density at radius 1 is 1.13 bits per heavy atom. The quantitative estimate of drug-likeness (QED) is 0.374. The van der Waals surface area contributed by atoms with Crippen LogP contribution in [0.3, 0.4) is 0 Å². The van der Waals surface area contributed by atoms with Crippen molar-refractivity contribution >= 4 is 5.96 Å². The predicted molar refractivity (Wildman–Crippen MR) is 96.4 cm³/mol. The molecule has 0 heterocycles. The molecule has 1 aromatic carbocycles. The summed E-state index contributed by atoms with van der Waals surface area (Å²) in [7, 11) is 1.79. The van der Waals surface area contributed by atoms with Crippen molar-refractivity contribution in [2.24, 2.45) is 4.99 Å². The molecule has 5 heteroatoms. The van der Waals surface area contributed by atoms with Crippen molar-refractivity contribution in [2.75, 3.05) is 40.0 Å². The third-order valence-corrected chi connectivity index (χ3v) is 3.26. The van der Waals surface area contributed by atoms with Crippen LogP contribution in [0, 0.1) is 0 Å². The Morgan fingerprint density at radius 3 is 2.70 bits per heavy atom. The van der Waals surface area contributed by atoms with Crippen molar-refractivity contribution in [3.05, 3.63) is 29.8 Å². The summed E-state index contributed by atoms with van der Waals surface area (Å²) in [6, 6.07) is 8.28. The van der Waals surface area contributed by atoms with Crippen LogP contribution < -0.4 is 15.4 Å². The molecule has 0 saturated carbocycles. The van der Waals surface area contributed by atoms with Crippen molar-refractivity contribution in [2.45, 2.75) is 33.1 Å². The number of rotatable bonds is 11. The van der Waals surface area contributed by atoms with E-state index in [2.05, 4.69) is 34.7 Å². The molecular weight excluding hydrogens is 290 g/mol. The molecule has 0 unspecified atom stereocenters. The van der Waals surface area contributed by atoms with Gasteiger partial charge in [-0.1, -0.05) is 19.1 Å². The standard InChI is InChI=1S/C18H31N3O2/c1-4-13-23-17-9-6-8-16(15-17)10-12-21-18(19-3)20-11-7-14-22-5-2/h6,8-9,15H,4-5,7,10-14H2,1-3H3,(H2,19,20,21). The van der Waals surface area contributed by atoms with Crippen LogP contribution in [0.1, 0.15) is 32.3 Å². The van der Waals surface area contributed by atoms with E-state index in [9.17, 15) is 0 Å². The molecule has 5 nitrogen and oxygen atoms in total. The Bertz CT molecular complexity index is 450. The first-order chi connectivity index (χ1) is 11.3. The summed E-state index contributed by atoms with van der Waals surface area (Å²) in [5, 5.41) is 6.62. The van der Waals surface area contributed by atoms with Crippen molar-refractivity contribution in [3.8, 4) is 5.75 Å². The Kier molecular flexibility index (Phi) is 10.7. The van der Waals surface area contributed by atoms with Crippen LogP contribution in [-0.2, 0) is 11.2 Å². The van der Waals surface area contributed by atoms with Gasteiger partial charge in [0.1, 0.15) is 5.75 Å². The average Bonchev–Trinajstić information content (AvgIpc) is 2.58. The molecular formula is C18H31N3O2. The van der Waals surface area contributed by atoms with Gasteiger partial charge in [-0.25, -0.2) is 0 Å². The van der Waals surface area contributed by atoms with Gasteiger partial charge in [-0.2, -0.15) is 0 Å². The number of benzene rings is 1. The van der Waals surface area contributed by atoms with E-state index in [-0.39, 0.29) is 0 Å². The summed E-state index contributed by atoms with van der Waals surface area (Å²) < 4.78 is 11.0. The lowest BCUT2D eigenvalue weighted by molar-refractivity contribution is 0.145. The molecule has 0 saturated heterocycles. The largest absolute Gasteiger partial charge is 0.494 e. The second kappa shape index (κ2) is 12.8. The zero-order chi connectivity index (χ0) is 16.8. The highest BCUT2D eigenvalue weighted by Crippen LogP contribution is 2.13. The Morgan fingerprint density at radius 2 is 1.96 bits per heavy atom. The minimum Gasteiger partial charge on any atom is -0.494 e. The Labute approximate surface area is 140 Å². The molecule has 0 fully saturated rings. The molecule has 0 bridgehead atoms.